The summed E-state index contributed by atoms with van der Waals surface area (Å²) in [6.45, 7) is 0. The molecule has 3 rings (SSSR count). The van der Waals surface area contributed by atoms with Crippen molar-refractivity contribution in [2.45, 2.75) is 0 Å². The van der Waals surface area contributed by atoms with Gasteiger partial charge >= 0.3 is 0 Å². The van der Waals surface area contributed by atoms with E-state index in [1.807, 2.05) is 48.5 Å². The third kappa shape index (κ3) is 2.24. The van der Waals surface area contributed by atoms with Crippen molar-refractivity contribution in [2.75, 3.05) is 0 Å². The molecular formula is C16H11ClN2O. The van der Waals surface area contributed by atoms with E-state index in [1.54, 1.807) is 16.9 Å². The molecule has 0 saturated carbocycles. The van der Waals surface area contributed by atoms with Crippen molar-refractivity contribution < 1.29 is 4.79 Å². The maximum Gasteiger partial charge on any atom is 0.153 e. The maximum absolute atomic E-state index is 11.3. The number of rotatable bonds is 3. The number of benzene rings is 2. The summed E-state index contributed by atoms with van der Waals surface area (Å²) in [7, 11) is 0. The molecule has 0 aliphatic carbocycles. The van der Waals surface area contributed by atoms with Crippen LogP contribution in [0.15, 0.2) is 60.8 Å². The molecule has 0 saturated heterocycles. The second-order valence-electron chi connectivity index (χ2n) is 4.31. The Kier molecular flexibility index (Phi) is 3.35. The molecule has 98 valence electrons. The van der Waals surface area contributed by atoms with Crippen molar-refractivity contribution in [1.29, 1.82) is 0 Å². The third-order valence-corrected chi connectivity index (χ3v) is 3.35. The summed E-state index contributed by atoms with van der Waals surface area (Å²) in [5.41, 5.74) is 2.76. The Hall–Kier alpha value is -2.39. The molecule has 0 aliphatic heterocycles. The van der Waals surface area contributed by atoms with Gasteiger partial charge in [-0.1, -0.05) is 48.0 Å². The molecule has 0 atom stereocenters. The molecule has 3 nitrogen and oxygen atoms in total. The smallest absolute Gasteiger partial charge is 0.153 e. The summed E-state index contributed by atoms with van der Waals surface area (Å²) >= 11 is 6.18. The molecule has 1 heterocycles. The average Bonchev–Trinajstić information content (AvgIpc) is 2.93. The fourth-order valence-corrected chi connectivity index (χ4v) is 2.27. The summed E-state index contributed by atoms with van der Waals surface area (Å²) < 4.78 is 1.68. The van der Waals surface area contributed by atoms with E-state index < -0.39 is 0 Å². The van der Waals surface area contributed by atoms with Crippen LogP contribution in [0.3, 0.4) is 0 Å². The zero-order chi connectivity index (χ0) is 13.9. The number of carbonyl (C=O) groups excluding carboxylic acids is 1. The Morgan fingerprint density at radius 1 is 1.00 bits per heavy atom. The standard InChI is InChI=1S/C16H11ClN2O/c17-15-9-5-4-8-14(15)16-12(11-20)10-19(18-16)13-6-2-1-3-7-13/h1-11H. The van der Waals surface area contributed by atoms with Crippen molar-refractivity contribution in [3.63, 3.8) is 0 Å². The van der Waals surface area contributed by atoms with Crippen molar-refractivity contribution >= 4 is 17.9 Å². The summed E-state index contributed by atoms with van der Waals surface area (Å²) in [6, 6.07) is 17.0. The molecule has 4 heteroatoms. The largest absolute Gasteiger partial charge is 0.298 e. The summed E-state index contributed by atoms with van der Waals surface area (Å²) in [5, 5.41) is 5.06. The highest BCUT2D eigenvalue weighted by molar-refractivity contribution is 6.33. The van der Waals surface area contributed by atoms with Crippen molar-refractivity contribution in [3.05, 3.63) is 71.4 Å². The van der Waals surface area contributed by atoms with Gasteiger partial charge in [-0.25, -0.2) is 4.68 Å². The van der Waals surface area contributed by atoms with Gasteiger partial charge in [0.05, 0.1) is 16.3 Å². The van der Waals surface area contributed by atoms with Gasteiger partial charge < -0.3 is 0 Å². The molecule has 0 N–H and O–H groups in total. The van der Waals surface area contributed by atoms with Crippen LogP contribution in [-0.4, -0.2) is 16.1 Å². The lowest BCUT2D eigenvalue weighted by Crippen LogP contribution is -1.94. The highest BCUT2D eigenvalue weighted by Gasteiger charge is 2.13. The lowest BCUT2D eigenvalue weighted by atomic mass is 10.1. The van der Waals surface area contributed by atoms with Crippen LogP contribution in [0.25, 0.3) is 16.9 Å². The van der Waals surface area contributed by atoms with Crippen LogP contribution in [-0.2, 0) is 0 Å². The summed E-state index contributed by atoms with van der Waals surface area (Å²) in [6.07, 6.45) is 2.51. The topological polar surface area (TPSA) is 34.9 Å². The van der Waals surface area contributed by atoms with Crippen LogP contribution in [0.1, 0.15) is 10.4 Å². The van der Waals surface area contributed by atoms with Gasteiger partial charge in [-0.05, 0) is 18.2 Å². The highest BCUT2D eigenvalue weighted by atomic mass is 35.5. The lowest BCUT2D eigenvalue weighted by molar-refractivity contribution is 0.112. The lowest BCUT2D eigenvalue weighted by Gasteiger charge is -2.01. The van der Waals surface area contributed by atoms with E-state index in [-0.39, 0.29) is 0 Å². The van der Waals surface area contributed by atoms with Gasteiger partial charge in [0.2, 0.25) is 0 Å². The molecule has 20 heavy (non-hydrogen) atoms. The first-order valence-electron chi connectivity index (χ1n) is 6.15. The van der Waals surface area contributed by atoms with Gasteiger partial charge in [-0.3, -0.25) is 4.79 Å². The number of para-hydroxylation sites is 1. The first-order chi connectivity index (χ1) is 9.79. The minimum atomic E-state index is 0.516. The molecule has 0 fully saturated rings. The number of carbonyl (C=O) groups is 1. The fraction of sp³-hybridized carbons (Fsp3) is 0. The van der Waals surface area contributed by atoms with E-state index in [4.69, 9.17) is 11.6 Å². The zero-order valence-corrected chi connectivity index (χ0v) is 11.3. The molecule has 1 aromatic heterocycles. The first kappa shape index (κ1) is 12.6. The molecule has 0 spiro atoms. The van der Waals surface area contributed by atoms with Crippen molar-refractivity contribution in [3.8, 4) is 16.9 Å². The Morgan fingerprint density at radius 3 is 2.40 bits per heavy atom. The van der Waals surface area contributed by atoms with E-state index in [1.165, 1.54) is 0 Å². The van der Waals surface area contributed by atoms with E-state index in [0.29, 0.717) is 16.3 Å². The third-order valence-electron chi connectivity index (χ3n) is 3.02. The number of aldehydes is 1. The quantitative estimate of drug-likeness (QED) is 0.681. The van der Waals surface area contributed by atoms with Crippen LogP contribution in [0.2, 0.25) is 5.02 Å². The first-order valence-corrected chi connectivity index (χ1v) is 6.52. The Bertz CT molecular complexity index is 750. The van der Waals surface area contributed by atoms with Gasteiger partial charge in [-0.2, -0.15) is 5.10 Å². The average molecular weight is 283 g/mol. The van der Waals surface area contributed by atoms with Crippen molar-refractivity contribution in [1.82, 2.24) is 9.78 Å². The molecular weight excluding hydrogens is 272 g/mol. The van der Waals surface area contributed by atoms with Gasteiger partial charge in [0, 0.05) is 11.8 Å². The minimum absolute atomic E-state index is 0.516. The normalized spacial score (nSPS) is 10.4. The van der Waals surface area contributed by atoms with Crippen LogP contribution in [0, 0.1) is 0 Å². The SMILES string of the molecule is O=Cc1cn(-c2ccccc2)nc1-c1ccccc1Cl. The van der Waals surface area contributed by atoms with Crippen LogP contribution in [0.4, 0.5) is 0 Å². The highest BCUT2D eigenvalue weighted by Crippen LogP contribution is 2.29. The number of hydrogen-bond donors (Lipinski definition) is 0. The van der Waals surface area contributed by atoms with E-state index in [9.17, 15) is 4.79 Å². The van der Waals surface area contributed by atoms with E-state index in [0.717, 1.165) is 17.5 Å². The van der Waals surface area contributed by atoms with Gasteiger partial charge in [0.15, 0.2) is 6.29 Å². The fourth-order valence-electron chi connectivity index (χ4n) is 2.05. The summed E-state index contributed by atoms with van der Waals surface area (Å²) in [5.74, 6) is 0. The molecule has 0 radical (unpaired) electrons. The monoisotopic (exact) mass is 282 g/mol. The molecule has 3 aromatic rings. The molecule has 0 bridgehead atoms. The van der Waals surface area contributed by atoms with E-state index >= 15 is 0 Å². The maximum atomic E-state index is 11.3. The Morgan fingerprint density at radius 2 is 1.70 bits per heavy atom. The van der Waals surface area contributed by atoms with Crippen LogP contribution < -0.4 is 0 Å². The Labute approximate surface area is 121 Å². The minimum Gasteiger partial charge on any atom is -0.298 e. The molecule has 0 amide bonds. The number of aromatic nitrogens is 2. The van der Waals surface area contributed by atoms with Gasteiger partial charge in [-0.15, -0.1) is 0 Å². The van der Waals surface area contributed by atoms with Gasteiger partial charge in [0.1, 0.15) is 5.69 Å². The Balaban J connectivity index is 2.16. The summed E-state index contributed by atoms with van der Waals surface area (Å²) in [4.78, 5) is 11.3. The number of nitrogens with zero attached hydrogens (tertiary/aromatic N) is 2. The molecule has 2 aromatic carbocycles. The van der Waals surface area contributed by atoms with Crippen LogP contribution in [0.5, 0.6) is 0 Å². The number of halogens is 1. The van der Waals surface area contributed by atoms with E-state index in [2.05, 4.69) is 5.10 Å². The second kappa shape index (κ2) is 5.31. The predicted molar refractivity (Wildman–Crippen MR) is 79.4 cm³/mol. The molecule has 0 unspecified atom stereocenters. The molecule has 0 aliphatic rings. The van der Waals surface area contributed by atoms with Gasteiger partial charge in [0.25, 0.3) is 0 Å². The zero-order valence-electron chi connectivity index (χ0n) is 10.5. The second-order valence-corrected chi connectivity index (χ2v) is 4.72. The van der Waals surface area contributed by atoms with Crippen molar-refractivity contribution in [2.24, 2.45) is 0 Å². The number of hydrogen-bond acceptors (Lipinski definition) is 2. The van der Waals surface area contributed by atoms with Crippen LogP contribution >= 0.6 is 11.6 Å². The predicted octanol–water partition coefficient (Wildman–Crippen LogP) is 4.01.